The fourth-order valence-electron chi connectivity index (χ4n) is 3.27. The molecule has 1 aromatic heterocycles. The summed E-state index contributed by atoms with van der Waals surface area (Å²) in [5.41, 5.74) is 1.27. The summed E-state index contributed by atoms with van der Waals surface area (Å²) >= 11 is 0. The first-order valence-corrected chi connectivity index (χ1v) is 8.28. The molecule has 1 aromatic carbocycles. The van der Waals surface area contributed by atoms with Crippen molar-refractivity contribution >= 4 is 22.6 Å². The monoisotopic (exact) mass is 433 g/mol. The SMILES string of the molecule is CCn1cc(C(=O)O)c(=O)c2ccc(N3CCN(C)C(C)C3)cc21.[CH3-].[Y]. The number of fused-ring (bicyclic) bond motifs is 1. The van der Waals surface area contributed by atoms with Gasteiger partial charge in [-0.1, -0.05) is 0 Å². The van der Waals surface area contributed by atoms with Gasteiger partial charge in [-0.2, -0.15) is 0 Å². The van der Waals surface area contributed by atoms with Crippen LogP contribution in [0.1, 0.15) is 24.2 Å². The summed E-state index contributed by atoms with van der Waals surface area (Å²) < 4.78 is 1.84. The number of aromatic carboxylic acids is 1. The Morgan fingerprint density at radius 2 is 2.00 bits per heavy atom. The van der Waals surface area contributed by atoms with Crippen LogP contribution in [-0.2, 0) is 39.3 Å². The number of piperazine rings is 1. The van der Waals surface area contributed by atoms with Crippen LogP contribution in [0.2, 0.25) is 0 Å². The van der Waals surface area contributed by atoms with Crippen LogP contribution in [0.25, 0.3) is 10.9 Å². The first-order chi connectivity index (χ1) is 11.4. The Labute approximate surface area is 179 Å². The molecule has 2 heterocycles. The molecule has 1 N–H and O–H groups in total. The number of carboxylic acid groups (broad SMARTS) is 1. The Morgan fingerprint density at radius 3 is 2.58 bits per heavy atom. The Kier molecular flexibility index (Phi) is 7.99. The second kappa shape index (κ2) is 9.11. The van der Waals surface area contributed by atoms with E-state index in [1.165, 1.54) is 6.20 Å². The van der Waals surface area contributed by atoms with Gasteiger partial charge in [0.25, 0.3) is 0 Å². The van der Waals surface area contributed by atoms with Crippen LogP contribution in [0.15, 0.2) is 29.2 Å². The van der Waals surface area contributed by atoms with Crippen molar-refractivity contribution in [3.63, 3.8) is 0 Å². The zero-order chi connectivity index (χ0) is 17.4. The van der Waals surface area contributed by atoms with E-state index in [0.717, 1.165) is 30.8 Å². The fourth-order valence-corrected chi connectivity index (χ4v) is 3.27. The van der Waals surface area contributed by atoms with Crippen LogP contribution in [0.3, 0.4) is 0 Å². The van der Waals surface area contributed by atoms with E-state index in [1.807, 2.05) is 23.6 Å². The number of anilines is 1. The summed E-state index contributed by atoms with van der Waals surface area (Å²) in [5, 5.41) is 9.69. The van der Waals surface area contributed by atoms with Gasteiger partial charge in [0.05, 0.1) is 5.52 Å². The second-order valence-corrected chi connectivity index (χ2v) is 6.44. The fraction of sp³-hybridized carbons (Fsp3) is 0.421. The minimum atomic E-state index is -1.18. The van der Waals surface area contributed by atoms with Gasteiger partial charge in [-0.3, -0.25) is 4.79 Å². The molecule has 7 heteroatoms. The minimum Gasteiger partial charge on any atom is -0.477 e. The maximum Gasteiger partial charge on any atom is 0.341 e. The van der Waals surface area contributed by atoms with E-state index in [2.05, 4.69) is 23.8 Å². The van der Waals surface area contributed by atoms with Crippen molar-refractivity contribution in [2.75, 3.05) is 31.6 Å². The Hall–Kier alpha value is -1.24. The van der Waals surface area contributed by atoms with Gasteiger partial charge in [0.1, 0.15) is 5.56 Å². The van der Waals surface area contributed by atoms with E-state index in [9.17, 15) is 14.7 Å². The van der Waals surface area contributed by atoms with Gasteiger partial charge in [-0.15, -0.1) is 0 Å². The van der Waals surface area contributed by atoms with Crippen molar-refractivity contribution < 1.29 is 42.6 Å². The van der Waals surface area contributed by atoms with Gasteiger partial charge < -0.3 is 26.9 Å². The van der Waals surface area contributed by atoms with Crippen LogP contribution in [0.5, 0.6) is 0 Å². The summed E-state index contributed by atoms with van der Waals surface area (Å²) in [4.78, 5) is 28.3. The molecule has 26 heavy (non-hydrogen) atoms. The number of likely N-dealkylation sites (N-methyl/N-ethyl adjacent to an activating group) is 1. The summed E-state index contributed by atoms with van der Waals surface area (Å²) in [6.07, 6.45) is 1.45. The average molecular weight is 433 g/mol. The van der Waals surface area contributed by atoms with Crippen LogP contribution in [-0.4, -0.2) is 53.3 Å². The molecule has 1 radical (unpaired) electrons. The predicted octanol–water partition coefficient (Wildman–Crippen LogP) is 2.31. The zero-order valence-corrected chi connectivity index (χ0v) is 18.7. The largest absolute Gasteiger partial charge is 0.477 e. The molecular weight excluding hydrogens is 407 g/mol. The number of rotatable bonds is 3. The molecule has 1 atom stereocenters. The first kappa shape index (κ1) is 22.8. The summed E-state index contributed by atoms with van der Waals surface area (Å²) in [7, 11) is 2.13. The van der Waals surface area contributed by atoms with Crippen LogP contribution >= 0.6 is 0 Å². The topological polar surface area (TPSA) is 65.8 Å². The van der Waals surface area contributed by atoms with Gasteiger partial charge in [0.2, 0.25) is 5.43 Å². The quantitative estimate of drug-likeness (QED) is 0.753. The first-order valence-electron chi connectivity index (χ1n) is 8.28. The van der Waals surface area contributed by atoms with Crippen LogP contribution < -0.4 is 10.3 Å². The predicted molar refractivity (Wildman–Crippen MR) is 102 cm³/mol. The zero-order valence-electron chi connectivity index (χ0n) is 15.9. The molecule has 1 unspecified atom stereocenters. The van der Waals surface area contributed by atoms with Crippen LogP contribution in [0.4, 0.5) is 5.69 Å². The number of pyridine rings is 1. The maximum absolute atomic E-state index is 12.4. The molecule has 2 aromatic rings. The molecule has 0 saturated carbocycles. The maximum atomic E-state index is 12.4. The number of aryl methyl sites for hydroxylation is 1. The number of aromatic nitrogens is 1. The van der Waals surface area contributed by atoms with Gasteiger partial charge >= 0.3 is 5.97 Å². The third kappa shape index (κ3) is 4.18. The molecule has 0 spiro atoms. The van der Waals surface area contributed by atoms with Crippen molar-refractivity contribution in [3.8, 4) is 0 Å². The van der Waals surface area contributed by atoms with Gasteiger partial charge in [0, 0.05) is 82.2 Å². The molecule has 3 rings (SSSR count). The summed E-state index contributed by atoms with van der Waals surface area (Å²) in [6.45, 7) is 7.63. The molecule has 6 nitrogen and oxygen atoms in total. The third-order valence-corrected chi connectivity index (χ3v) is 4.96. The molecule has 0 bridgehead atoms. The number of hydrogen-bond acceptors (Lipinski definition) is 4. The molecule has 1 aliphatic heterocycles. The van der Waals surface area contributed by atoms with Crippen LogP contribution in [0, 0.1) is 7.43 Å². The Bertz CT molecular complexity index is 850. The van der Waals surface area contributed by atoms with Gasteiger partial charge in [-0.25, -0.2) is 4.79 Å². The summed E-state index contributed by atoms with van der Waals surface area (Å²) in [6, 6.07) is 6.16. The molecule has 0 amide bonds. The van der Waals surface area contributed by atoms with Gasteiger partial charge in [0.15, 0.2) is 0 Å². The normalized spacial score (nSPS) is 17.5. The van der Waals surface area contributed by atoms with Crippen molar-refractivity contribution in [1.29, 1.82) is 0 Å². The smallest absolute Gasteiger partial charge is 0.341 e. The number of carboxylic acids is 1. The standard InChI is InChI=1S/C18H23N3O3.CH3.Y/c1-4-20-11-15(18(23)24)17(22)14-6-5-13(9-16(14)20)21-8-7-19(3)12(2)10-21;;/h5-6,9,11-12H,4,7-8,10H2,1-3H3,(H,23,24);1H3;/q;-1;. The minimum absolute atomic E-state index is 0. The third-order valence-electron chi connectivity index (χ3n) is 4.96. The number of hydrogen-bond donors (Lipinski definition) is 1. The Balaban J connectivity index is 0.00000169. The average Bonchev–Trinajstić information content (AvgIpc) is 2.57. The number of carbonyl (C=O) groups is 1. The molecule has 1 fully saturated rings. The number of benzene rings is 1. The molecule has 0 aliphatic carbocycles. The van der Waals surface area contributed by atoms with E-state index < -0.39 is 11.4 Å². The molecule has 139 valence electrons. The van der Waals surface area contributed by atoms with E-state index in [1.54, 1.807) is 6.07 Å². The van der Waals surface area contributed by atoms with E-state index in [0.29, 0.717) is 18.0 Å². The van der Waals surface area contributed by atoms with Crippen molar-refractivity contribution in [2.45, 2.75) is 26.4 Å². The van der Waals surface area contributed by atoms with E-state index >= 15 is 0 Å². The Morgan fingerprint density at radius 1 is 1.31 bits per heavy atom. The molecular formula is C19H26N3O3Y-. The molecule has 1 aliphatic rings. The second-order valence-electron chi connectivity index (χ2n) is 6.44. The van der Waals surface area contributed by atoms with Crippen molar-refractivity contribution in [3.05, 3.63) is 47.6 Å². The molecule has 1 saturated heterocycles. The van der Waals surface area contributed by atoms with E-state index in [4.69, 9.17) is 0 Å². The number of nitrogens with zero attached hydrogens (tertiary/aromatic N) is 3. The van der Waals surface area contributed by atoms with E-state index in [-0.39, 0.29) is 45.7 Å². The summed E-state index contributed by atoms with van der Waals surface area (Å²) in [5.74, 6) is -1.18. The van der Waals surface area contributed by atoms with Crippen molar-refractivity contribution in [1.82, 2.24) is 9.47 Å². The van der Waals surface area contributed by atoms with Gasteiger partial charge in [-0.05, 0) is 39.1 Å². The van der Waals surface area contributed by atoms with Crippen molar-refractivity contribution in [2.24, 2.45) is 0 Å².